The zero-order valence-corrected chi connectivity index (χ0v) is 14.9. The highest BCUT2D eigenvalue weighted by molar-refractivity contribution is 9.10. The van der Waals surface area contributed by atoms with Gasteiger partial charge >= 0.3 is 5.97 Å². The molecule has 0 radical (unpaired) electrons. The molecule has 1 aromatic heterocycles. The maximum atomic E-state index is 11.3. The summed E-state index contributed by atoms with van der Waals surface area (Å²) in [7, 11) is 0. The summed E-state index contributed by atoms with van der Waals surface area (Å²) in [5.74, 6) is -1.02. The van der Waals surface area contributed by atoms with Gasteiger partial charge in [0.2, 0.25) is 0 Å². The fraction of sp³-hybridized carbons (Fsp3) is 0.143. The van der Waals surface area contributed by atoms with Crippen LogP contribution in [-0.4, -0.2) is 16.8 Å². The fourth-order valence-corrected chi connectivity index (χ4v) is 4.28. The molecule has 0 amide bonds. The smallest absolute Gasteiger partial charge is 0.352 e. The predicted molar refractivity (Wildman–Crippen MR) is 93.4 cm³/mol. The van der Waals surface area contributed by atoms with Gasteiger partial charge in [0.05, 0.1) is 16.8 Å². The molecular formula is C14H9BrCl2N2O2S. The van der Waals surface area contributed by atoms with Gasteiger partial charge in [-0.3, -0.25) is 5.01 Å². The number of benzene rings is 1. The molecule has 114 valence electrons. The van der Waals surface area contributed by atoms with Gasteiger partial charge in [-0.25, -0.2) is 4.79 Å². The van der Waals surface area contributed by atoms with Crippen LogP contribution in [0.15, 0.2) is 39.2 Å². The summed E-state index contributed by atoms with van der Waals surface area (Å²) in [6.45, 7) is 0. The summed E-state index contributed by atoms with van der Waals surface area (Å²) in [5, 5.41) is 18.0. The lowest BCUT2D eigenvalue weighted by molar-refractivity contribution is -0.129. The van der Waals surface area contributed by atoms with Crippen LogP contribution >= 0.6 is 50.5 Å². The van der Waals surface area contributed by atoms with E-state index in [0.29, 0.717) is 22.2 Å². The minimum Gasteiger partial charge on any atom is -0.477 e. The number of nitrogens with zero attached hydrogens (tertiary/aromatic N) is 2. The Kier molecular flexibility index (Phi) is 4.45. The van der Waals surface area contributed by atoms with E-state index in [1.807, 2.05) is 11.4 Å². The summed E-state index contributed by atoms with van der Waals surface area (Å²) in [4.78, 5) is 12.3. The minimum atomic E-state index is -1.02. The van der Waals surface area contributed by atoms with Crippen molar-refractivity contribution in [2.45, 2.75) is 12.5 Å². The Balaban J connectivity index is 2.05. The first-order valence-electron chi connectivity index (χ1n) is 6.24. The van der Waals surface area contributed by atoms with E-state index in [-0.39, 0.29) is 11.8 Å². The van der Waals surface area contributed by atoms with Gasteiger partial charge in [0, 0.05) is 26.2 Å². The lowest BCUT2D eigenvalue weighted by Gasteiger charge is -2.23. The van der Waals surface area contributed by atoms with E-state index in [1.165, 1.54) is 0 Å². The van der Waals surface area contributed by atoms with Gasteiger partial charge in [0.1, 0.15) is 5.71 Å². The predicted octanol–water partition coefficient (Wildman–Crippen LogP) is 5.21. The summed E-state index contributed by atoms with van der Waals surface area (Å²) >= 11 is 17.1. The van der Waals surface area contributed by atoms with Crippen molar-refractivity contribution in [2.75, 3.05) is 5.01 Å². The Bertz CT molecular complexity index is 778. The third kappa shape index (κ3) is 3.01. The lowest BCUT2D eigenvalue weighted by Crippen LogP contribution is -2.18. The number of thiophene rings is 1. The van der Waals surface area contributed by atoms with Crippen LogP contribution in [0.3, 0.4) is 0 Å². The van der Waals surface area contributed by atoms with Gasteiger partial charge < -0.3 is 5.11 Å². The van der Waals surface area contributed by atoms with Gasteiger partial charge in [-0.1, -0.05) is 23.2 Å². The first-order valence-corrected chi connectivity index (χ1v) is 8.67. The molecule has 8 heteroatoms. The molecule has 1 N–H and O–H groups in total. The fourth-order valence-electron chi connectivity index (χ4n) is 2.25. The highest BCUT2D eigenvalue weighted by Gasteiger charge is 2.34. The number of rotatable bonds is 3. The number of hydrogen-bond donors (Lipinski definition) is 1. The van der Waals surface area contributed by atoms with Crippen LogP contribution in [0.25, 0.3) is 0 Å². The number of carboxylic acids is 1. The molecule has 2 heterocycles. The molecule has 1 aromatic carbocycles. The van der Waals surface area contributed by atoms with Gasteiger partial charge in [0.15, 0.2) is 0 Å². The van der Waals surface area contributed by atoms with Crippen LogP contribution < -0.4 is 5.01 Å². The molecule has 22 heavy (non-hydrogen) atoms. The molecule has 0 saturated carbocycles. The number of carbonyl (C=O) groups is 1. The van der Waals surface area contributed by atoms with Crippen LogP contribution in [0.5, 0.6) is 0 Å². The number of anilines is 1. The third-order valence-electron chi connectivity index (χ3n) is 3.23. The van der Waals surface area contributed by atoms with E-state index < -0.39 is 5.97 Å². The molecule has 2 aromatic rings. The number of aliphatic carboxylic acids is 1. The average Bonchev–Trinajstić information content (AvgIpc) is 3.05. The summed E-state index contributed by atoms with van der Waals surface area (Å²) in [6, 6.07) is 6.84. The highest BCUT2D eigenvalue weighted by Crippen LogP contribution is 2.41. The van der Waals surface area contributed by atoms with Crippen molar-refractivity contribution in [2.24, 2.45) is 5.10 Å². The zero-order valence-electron chi connectivity index (χ0n) is 11.0. The summed E-state index contributed by atoms with van der Waals surface area (Å²) < 4.78 is 0.957. The van der Waals surface area contributed by atoms with Gasteiger partial charge in [-0.05, 0) is 40.2 Å². The standard InChI is InChI=1S/C14H9BrCl2N2O2S/c15-7-3-13(22-6-7)12-5-10(14(20)21)18-19(12)11-2-1-8(16)4-9(11)17/h1-4,6,12H,5H2,(H,20,21). The molecule has 1 atom stereocenters. The van der Waals surface area contributed by atoms with Crippen LogP contribution in [0.2, 0.25) is 10.0 Å². The van der Waals surface area contributed by atoms with Crippen molar-refractivity contribution in [1.82, 2.24) is 0 Å². The largest absolute Gasteiger partial charge is 0.477 e. The SMILES string of the molecule is O=C(O)C1=NN(c2ccc(Cl)cc2Cl)C(c2cc(Br)cs2)C1. The normalized spacial score (nSPS) is 17.7. The first kappa shape index (κ1) is 15.8. The zero-order chi connectivity index (χ0) is 15.9. The van der Waals surface area contributed by atoms with Crippen LogP contribution in [0.1, 0.15) is 17.3 Å². The Morgan fingerprint density at radius 3 is 2.77 bits per heavy atom. The topological polar surface area (TPSA) is 52.9 Å². The van der Waals surface area contributed by atoms with Gasteiger partial charge in [-0.15, -0.1) is 11.3 Å². The maximum absolute atomic E-state index is 11.3. The third-order valence-corrected chi connectivity index (χ3v) is 5.56. The lowest BCUT2D eigenvalue weighted by atomic mass is 10.1. The number of hydrogen-bond acceptors (Lipinski definition) is 4. The van der Waals surface area contributed by atoms with E-state index in [1.54, 1.807) is 34.5 Å². The van der Waals surface area contributed by atoms with Crippen molar-refractivity contribution in [3.63, 3.8) is 0 Å². The molecule has 1 unspecified atom stereocenters. The van der Waals surface area contributed by atoms with Crippen molar-refractivity contribution < 1.29 is 9.90 Å². The van der Waals surface area contributed by atoms with Crippen LogP contribution in [-0.2, 0) is 4.79 Å². The van der Waals surface area contributed by atoms with Crippen molar-refractivity contribution in [1.29, 1.82) is 0 Å². The first-order chi connectivity index (χ1) is 10.5. The molecule has 0 spiro atoms. The molecule has 0 aliphatic carbocycles. The number of hydrazone groups is 1. The molecule has 4 nitrogen and oxygen atoms in total. The van der Waals surface area contributed by atoms with E-state index in [2.05, 4.69) is 21.0 Å². The van der Waals surface area contributed by atoms with Crippen molar-refractivity contribution in [3.05, 3.63) is 49.0 Å². The molecule has 3 rings (SSSR count). The van der Waals surface area contributed by atoms with E-state index in [4.69, 9.17) is 23.2 Å². The highest BCUT2D eigenvalue weighted by atomic mass is 79.9. The second kappa shape index (κ2) is 6.20. The second-order valence-electron chi connectivity index (χ2n) is 4.68. The quantitative estimate of drug-likeness (QED) is 0.742. The Labute approximate surface area is 149 Å². The molecule has 1 aliphatic rings. The Hall–Kier alpha value is -1.08. The van der Waals surface area contributed by atoms with Crippen LogP contribution in [0.4, 0.5) is 5.69 Å². The molecule has 0 bridgehead atoms. The number of halogens is 3. The van der Waals surface area contributed by atoms with Crippen molar-refractivity contribution >= 4 is 67.8 Å². The average molecular weight is 420 g/mol. The molecular weight excluding hydrogens is 411 g/mol. The molecule has 0 saturated heterocycles. The van der Waals surface area contributed by atoms with E-state index in [0.717, 1.165) is 9.35 Å². The van der Waals surface area contributed by atoms with Crippen LogP contribution in [0, 0.1) is 0 Å². The van der Waals surface area contributed by atoms with Crippen molar-refractivity contribution in [3.8, 4) is 0 Å². The second-order valence-corrected chi connectivity index (χ2v) is 7.38. The summed E-state index contributed by atoms with van der Waals surface area (Å²) in [6.07, 6.45) is 0.321. The van der Waals surface area contributed by atoms with Gasteiger partial charge in [0.25, 0.3) is 0 Å². The Morgan fingerprint density at radius 1 is 1.41 bits per heavy atom. The summed E-state index contributed by atoms with van der Waals surface area (Å²) in [5.41, 5.74) is 0.748. The molecule has 0 fully saturated rings. The number of carboxylic acid groups (broad SMARTS) is 1. The molecule has 1 aliphatic heterocycles. The van der Waals surface area contributed by atoms with E-state index >= 15 is 0 Å². The van der Waals surface area contributed by atoms with E-state index in [9.17, 15) is 9.90 Å². The minimum absolute atomic E-state index is 0.112. The Morgan fingerprint density at radius 2 is 2.18 bits per heavy atom. The monoisotopic (exact) mass is 418 g/mol. The maximum Gasteiger partial charge on any atom is 0.352 e. The van der Waals surface area contributed by atoms with Gasteiger partial charge in [-0.2, -0.15) is 5.10 Å².